The van der Waals surface area contributed by atoms with Gasteiger partial charge in [0.25, 0.3) is 0 Å². The Balaban J connectivity index is 2.08. The van der Waals surface area contributed by atoms with Gasteiger partial charge in [-0.3, -0.25) is 0 Å². The highest BCUT2D eigenvalue weighted by atomic mass is 19.1. The summed E-state index contributed by atoms with van der Waals surface area (Å²) in [6.07, 6.45) is 2.72. The van der Waals surface area contributed by atoms with Gasteiger partial charge in [-0.1, -0.05) is 18.2 Å². The molecule has 4 N–H and O–H groups in total. The van der Waals surface area contributed by atoms with Crippen LogP contribution < -0.4 is 10.5 Å². The van der Waals surface area contributed by atoms with Gasteiger partial charge in [-0.2, -0.15) is 0 Å². The molecule has 0 amide bonds. The van der Waals surface area contributed by atoms with Gasteiger partial charge >= 0.3 is 0 Å². The predicted molar refractivity (Wildman–Crippen MR) is 113 cm³/mol. The number of nitrogens with zero attached hydrogens (tertiary/aromatic N) is 3. The Morgan fingerprint density at radius 3 is 2.70 bits per heavy atom. The van der Waals surface area contributed by atoms with E-state index in [4.69, 9.17) is 15.6 Å². The monoisotopic (exact) mass is 410 g/mol. The maximum Gasteiger partial charge on any atom is 0.165 e. The minimum absolute atomic E-state index is 0.0346. The Morgan fingerprint density at radius 2 is 2.00 bits per heavy atom. The third-order valence-corrected chi connectivity index (χ3v) is 4.24. The summed E-state index contributed by atoms with van der Waals surface area (Å²) in [5.41, 5.74) is 6.88. The first-order chi connectivity index (χ1) is 14.5. The highest BCUT2D eigenvalue weighted by Gasteiger charge is 2.17. The van der Waals surface area contributed by atoms with E-state index >= 15 is 0 Å². The van der Waals surface area contributed by atoms with E-state index in [0.29, 0.717) is 41.1 Å². The van der Waals surface area contributed by atoms with Crippen molar-refractivity contribution in [2.75, 3.05) is 13.2 Å². The summed E-state index contributed by atoms with van der Waals surface area (Å²) in [5.74, 6) is 0.818. The molecule has 0 aliphatic heterocycles. The molecule has 1 atom stereocenters. The van der Waals surface area contributed by atoms with Crippen LogP contribution in [0.15, 0.2) is 59.6 Å². The maximum atomic E-state index is 13.2. The molecule has 0 fully saturated rings. The van der Waals surface area contributed by atoms with E-state index in [9.17, 15) is 9.50 Å². The molecular weight excluding hydrogens is 387 g/mol. The fraction of sp³-hybridized carbons (Fsp3) is 0.227. The number of aliphatic hydroxyl groups excluding tert-OH is 2. The molecule has 0 aliphatic rings. The van der Waals surface area contributed by atoms with Crippen molar-refractivity contribution < 1.29 is 19.3 Å². The van der Waals surface area contributed by atoms with Gasteiger partial charge in [0.1, 0.15) is 23.5 Å². The van der Waals surface area contributed by atoms with Crippen LogP contribution >= 0.6 is 0 Å². The molecule has 156 valence electrons. The number of nitrogens with two attached hydrogens (primary N) is 1. The van der Waals surface area contributed by atoms with E-state index < -0.39 is 11.9 Å². The van der Waals surface area contributed by atoms with E-state index in [2.05, 4.69) is 15.0 Å². The van der Waals surface area contributed by atoms with Crippen LogP contribution in [-0.4, -0.2) is 39.2 Å². The number of benzene rings is 2. The Hall–Kier alpha value is -3.36. The molecular formula is C22H23FN4O3. The molecule has 8 heteroatoms. The van der Waals surface area contributed by atoms with E-state index in [-0.39, 0.29) is 18.3 Å². The molecule has 7 nitrogen and oxygen atoms in total. The summed E-state index contributed by atoms with van der Waals surface area (Å²) in [7, 11) is 0. The molecule has 30 heavy (non-hydrogen) atoms. The zero-order valence-corrected chi connectivity index (χ0v) is 16.5. The number of fused-ring (bicyclic) bond motifs is 1. The van der Waals surface area contributed by atoms with Gasteiger partial charge in [0.15, 0.2) is 11.6 Å². The van der Waals surface area contributed by atoms with E-state index in [1.54, 1.807) is 30.4 Å². The van der Waals surface area contributed by atoms with Gasteiger partial charge in [-0.25, -0.2) is 19.4 Å². The van der Waals surface area contributed by atoms with Gasteiger partial charge in [-0.15, -0.1) is 0 Å². The molecule has 1 heterocycles. The van der Waals surface area contributed by atoms with Crippen molar-refractivity contribution in [2.24, 2.45) is 10.7 Å². The molecule has 0 spiro atoms. The third kappa shape index (κ3) is 5.16. The normalized spacial score (nSPS) is 13.1. The topological polar surface area (TPSA) is 114 Å². The van der Waals surface area contributed by atoms with Gasteiger partial charge in [-0.05, 0) is 42.8 Å². The molecule has 1 unspecified atom stereocenters. The van der Waals surface area contributed by atoms with Crippen molar-refractivity contribution in [1.29, 1.82) is 0 Å². The number of hydrogen-bond donors (Lipinski definition) is 3. The average Bonchev–Trinajstić information content (AvgIpc) is 2.74. The highest BCUT2D eigenvalue weighted by Crippen LogP contribution is 2.30. The first kappa shape index (κ1) is 21.4. The maximum absolute atomic E-state index is 13.2. The van der Waals surface area contributed by atoms with Crippen LogP contribution in [0.5, 0.6) is 5.75 Å². The van der Waals surface area contributed by atoms with Crippen LogP contribution in [0.3, 0.4) is 0 Å². The third-order valence-electron chi connectivity index (χ3n) is 4.24. The number of halogens is 1. The van der Waals surface area contributed by atoms with Gasteiger partial charge in [0.05, 0.1) is 12.1 Å². The average molecular weight is 410 g/mol. The first-order valence-electron chi connectivity index (χ1n) is 9.47. The summed E-state index contributed by atoms with van der Waals surface area (Å²) < 4.78 is 18.8. The van der Waals surface area contributed by atoms with Crippen LogP contribution in [-0.2, 0) is 0 Å². The van der Waals surface area contributed by atoms with Gasteiger partial charge in [0.2, 0.25) is 0 Å². The summed E-state index contributed by atoms with van der Waals surface area (Å²) in [4.78, 5) is 13.2. The van der Waals surface area contributed by atoms with E-state index in [1.165, 1.54) is 24.3 Å². The van der Waals surface area contributed by atoms with Crippen molar-refractivity contribution in [3.63, 3.8) is 0 Å². The lowest BCUT2D eigenvalue weighted by atomic mass is 10.1. The van der Waals surface area contributed by atoms with Crippen LogP contribution in [0, 0.1) is 5.82 Å². The highest BCUT2D eigenvalue weighted by molar-refractivity contribution is 5.97. The van der Waals surface area contributed by atoms with Crippen LogP contribution in [0.4, 0.5) is 10.2 Å². The first-order valence-corrected chi connectivity index (χ1v) is 9.47. The van der Waals surface area contributed by atoms with Crippen LogP contribution in [0.1, 0.15) is 30.8 Å². The van der Waals surface area contributed by atoms with Gasteiger partial charge < -0.3 is 20.7 Å². The molecule has 0 radical (unpaired) electrons. The van der Waals surface area contributed by atoms with Crippen LogP contribution in [0.2, 0.25) is 0 Å². The summed E-state index contributed by atoms with van der Waals surface area (Å²) in [5, 5.41) is 20.3. The lowest BCUT2D eigenvalue weighted by Gasteiger charge is -2.13. The minimum Gasteiger partial charge on any atom is -0.493 e. The van der Waals surface area contributed by atoms with E-state index in [0.717, 1.165) is 0 Å². The molecule has 3 aromatic rings. The van der Waals surface area contributed by atoms with E-state index in [1.807, 2.05) is 6.92 Å². The van der Waals surface area contributed by atoms with Crippen molar-refractivity contribution in [3.05, 3.63) is 71.8 Å². The quantitative estimate of drug-likeness (QED) is 0.299. The molecule has 0 saturated carbocycles. The summed E-state index contributed by atoms with van der Waals surface area (Å²) in [6, 6.07) is 10.7. The minimum atomic E-state index is -1.18. The Labute approximate surface area is 173 Å². The van der Waals surface area contributed by atoms with Crippen molar-refractivity contribution in [2.45, 2.75) is 19.4 Å². The number of aromatic nitrogens is 2. The molecule has 3 rings (SSSR count). The lowest BCUT2D eigenvalue weighted by Crippen LogP contribution is -2.09. The predicted octanol–water partition coefficient (Wildman–Crippen LogP) is 3.18. The number of hydrogen-bond acceptors (Lipinski definition) is 6. The fourth-order valence-corrected chi connectivity index (χ4v) is 2.79. The zero-order valence-electron chi connectivity index (χ0n) is 16.5. The standard InChI is InChI=1S/C22H23FN4O3/c1-2-4-19(24)26-21-17-10-9-16(30-12-3-11-28)13-18(17)25-22(27-21)20(29)14-5-7-15(23)8-6-14/h2,4-10,13,20,28-29H,3,11-12H2,1H3,(H2,24,25,26,27). The second-order valence-electron chi connectivity index (χ2n) is 6.50. The second-order valence-corrected chi connectivity index (χ2v) is 6.50. The Kier molecular flexibility index (Phi) is 7.05. The smallest absolute Gasteiger partial charge is 0.165 e. The molecule has 0 saturated heterocycles. The van der Waals surface area contributed by atoms with Crippen molar-refractivity contribution in [3.8, 4) is 5.75 Å². The van der Waals surface area contributed by atoms with Crippen LogP contribution in [0.25, 0.3) is 10.9 Å². The lowest BCUT2D eigenvalue weighted by molar-refractivity contribution is 0.210. The Bertz CT molecular complexity index is 1070. The van der Waals surface area contributed by atoms with Crippen molar-refractivity contribution in [1.82, 2.24) is 9.97 Å². The summed E-state index contributed by atoms with van der Waals surface area (Å²) >= 11 is 0. The fourth-order valence-electron chi connectivity index (χ4n) is 2.79. The molecule has 0 aliphatic carbocycles. The summed E-state index contributed by atoms with van der Waals surface area (Å²) in [6.45, 7) is 2.21. The SMILES string of the molecule is CC=CC(N)=Nc1nc(C(O)c2ccc(F)cc2)nc2cc(OCCCO)ccc12. The molecule has 0 bridgehead atoms. The number of allylic oxidation sites excluding steroid dienone is 1. The second kappa shape index (κ2) is 9.91. The number of amidine groups is 1. The molecule has 1 aromatic heterocycles. The molecule has 2 aromatic carbocycles. The van der Waals surface area contributed by atoms with Crippen molar-refractivity contribution >= 4 is 22.6 Å². The largest absolute Gasteiger partial charge is 0.493 e. The Morgan fingerprint density at radius 1 is 1.23 bits per heavy atom. The van der Waals surface area contributed by atoms with Gasteiger partial charge in [0, 0.05) is 24.5 Å². The number of rotatable bonds is 8. The number of aliphatic imine (C=N–C) groups is 1. The number of ether oxygens (including phenoxy) is 1. The zero-order chi connectivity index (χ0) is 21.5. The number of aliphatic hydroxyl groups is 2.